The molecule has 24 heavy (non-hydrogen) atoms. The van der Waals surface area contributed by atoms with E-state index in [1.54, 1.807) is 11.8 Å². The molecule has 0 aromatic carbocycles. The number of ketones is 1. The van der Waals surface area contributed by atoms with Crippen molar-refractivity contribution in [2.75, 3.05) is 20.3 Å². The van der Waals surface area contributed by atoms with E-state index in [4.69, 9.17) is 9.47 Å². The molecule has 138 valence electrons. The van der Waals surface area contributed by atoms with Crippen molar-refractivity contribution in [3.63, 3.8) is 0 Å². The van der Waals surface area contributed by atoms with Gasteiger partial charge in [0.25, 0.3) is 0 Å². The minimum Gasteiger partial charge on any atom is -0.466 e. The summed E-state index contributed by atoms with van der Waals surface area (Å²) in [6, 6.07) is -0.0263. The third-order valence-electron chi connectivity index (χ3n) is 4.43. The van der Waals surface area contributed by atoms with Crippen LogP contribution in [0, 0.1) is 11.3 Å². The van der Waals surface area contributed by atoms with Crippen LogP contribution in [0.4, 0.5) is 4.79 Å². The fourth-order valence-electron chi connectivity index (χ4n) is 3.07. The summed E-state index contributed by atoms with van der Waals surface area (Å²) in [5.74, 6) is -0.747. The molecule has 0 saturated carbocycles. The average molecular weight is 341 g/mol. The van der Waals surface area contributed by atoms with Gasteiger partial charge in [-0.2, -0.15) is 0 Å². The van der Waals surface area contributed by atoms with Crippen molar-refractivity contribution in [1.82, 2.24) is 4.90 Å². The van der Waals surface area contributed by atoms with Crippen LogP contribution in [0.2, 0.25) is 0 Å². The lowest BCUT2D eigenvalue weighted by Gasteiger charge is -2.39. The predicted molar refractivity (Wildman–Crippen MR) is 90.6 cm³/mol. The van der Waals surface area contributed by atoms with Crippen molar-refractivity contribution in [2.45, 2.75) is 65.8 Å². The number of hydrogen-bond acceptors (Lipinski definition) is 5. The minimum atomic E-state index is -0.468. The SMILES string of the molecule is CCOC(=O)CC(=O)C1CCN(C(=O)OC)C(CCC(C)(C)C)C1. The van der Waals surface area contributed by atoms with Crippen LogP contribution in [0.5, 0.6) is 0 Å². The molecule has 1 heterocycles. The van der Waals surface area contributed by atoms with Crippen LogP contribution >= 0.6 is 0 Å². The maximum Gasteiger partial charge on any atom is 0.409 e. The van der Waals surface area contributed by atoms with Crippen molar-refractivity contribution >= 4 is 17.8 Å². The topological polar surface area (TPSA) is 72.9 Å². The molecule has 0 bridgehead atoms. The lowest BCUT2D eigenvalue weighted by atomic mass is 9.81. The van der Waals surface area contributed by atoms with E-state index >= 15 is 0 Å². The van der Waals surface area contributed by atoms with E-state index in [1.165, 1.54) is 7.11 Å². The molecule has 1 aliphatic rings. The predicted octanol–water partition coefficient (Wildman–Crippen LogP) is 3.18. The first-order valence-electron chi connectivity index (χ1n) is 8.71. The number of esters is 1. The van der Waals surface area contributed by atoms with E-state index in [9.17, 15) is 14.4 Å². The summed E-state index contributed by atoms with van der Waals surface area (Å²) in [5, 5.41) is 0. The Kier molecular flexibility index (Phi) is 7.70. The van der Waals surface area contributed by atoms with E-state index < -0.39 is 5.97 Å². The van der Waals surface area contributed by atoms with Crippen LogP contribution < -0.4 is 0 Å². The summed E-state index contributed by atoms with van der Waals surface area (Å²) in [6.07, 6.45) is 2.40. The number of nitrogens with zero attached hydrogens (tertiary/aromatic N) is 1. The Labute approximate surface area is 144 Å². The highest BCUT2D eigenvalue weighted by atomic mass is 16.5. The number of amides is 1. The maximum atomic E-state index is 12.3. The molecular formula is C18H31NO5. The molecule has 0 spiro atoms. The standard InChI is InChI=1S/C18H31NO5/c1-6-24-16(21)12-15(20)13-8-10-19(17(22)23-5)14(11-13)7-9-18(2,3)4/h13-14H,6-12H2,1-5H3. The average Bonchev–Trinajstić information content (AvgIpc) is 2.51. The second-order valence-electron chi connectivity index (χ2n) is 7.59. The fourth-order valence-corrected chi connectivity index (χ4v) is 3.07. The Bertz CT molecular complexity index is 455. The van der Waals surface area contributed by atoms with Crippen molar-refractivity contribution < 1.29 is 23.9 Å². The number of ether oxygens (including phenoxy) is 2. The van der Waals surface area contributed by atoms with Crippen LogP contribution in [-0.2, 0) is 19.1 Å². The molecule has 1 fully saturated rings. The van der Waals surface area contributed by atoms with Crippen LogP contribution in [0.1, 0.15) is 59.8 Å². The molecule has 2 unspecified atom stereocenters. The van der Waals surface area contributed by atoms with Crippen molar-refractivity contribution in [1.29, 1.82) is 0 Å². The Morgan fingerprint density at radius 3 is 2.42 bits per heavy atom. The van der Waals surface area contributed by atoms with Crippen LogP contribution in [0.25, 0.3) is 0 Å². The molecule has 0 aliphatic carbocycles. The highest BCUT2D eigenvalue weighted by molar-refractivity contribution is 5.96. The van der Waals surface area contributed by atoms with Gasteiger partial charge in [-0.3, -0.25) is 9.59 Å². The molecule has 0 aromatic rings. The zero-order chi connectivity index (χ0) is 18.3. The first-order chi connectivity index (χ1) is 11.2. The number of hydrogen-bond donors (Lipinski definition) is 0. The van der Waals surface area contributed by atoms with Gasteiger partial charge in [0.1, 0.15) is 12.2 Å². The first-order valence-corrected chi connectivity index (χ1v) is 8.71. The third kappa shape index (κ3) is 6.49. The Balaban J connectivity index is 2.71. The summed E-state index contributed by atoms with van der Waals surface area (Å²) in [6.45, 7) is 8.95. The maximum absolute atomic E-state index is 12.3. The quantitative estimate of drug-likeness (QED) is 0.548. The molecule has 1 saturated heterocycles. The number of piperidine rings is 1. The van der Waals surface area contributed by atoms with E-state index in [0.717, 1.165) is 12.8 Å². The number of rotatable bonds is 6. The van der Waals surface area contributed by atoms with Crippen LogP contribution in [0.15, 0.2) is 0 Å². The second kappa shape index (κ2) is 9.04. The lowest BCUT2D eigenvalue weighted by Crippen LogP contribution is -2.48. The number of Topliss-reactive ketones (excluding diaryl/α,β-unsaturated/α-hetero) is 1. The zero-order valence-corrected chi connectivity index (χ0v) is 15.6. The van der Waals surface area contributed by atoms with E-state index in [0.29, 0.717) is 19.4 Å². The molecule has 1 amide bonds. The van der Waals surface area contributed by atoms with E-state index in [1.807, 2.05) is 0 Å². The van der Waals surface area contributed by atoms with E-state index in [2.05, 4.69) is 20.8 Å². The summed E-state index contributed by atoms with van der Waals surface area (Å²) in [7, 11) is 1.38. The monoisotopic (exact) mass is 341 g/mol. The van der Waals surface area contributed by atoms with Crippen LogP contribution in [-0.4, -0.2) is 49.0 Å². The third-order valence-corrected chi connectivity index (χ3v) is 4.43. The molecule has 0 radical (unpaired) electrons. The van der Waals surface area contributed by atoms with Gasteiger partial charge in [-0.25, -0.2) is 4.79 Å². The van der Waals surface area contributed by atoms with Gasteiger partial charge in [-0.15, -0.1) is 0 Å². The zero-order valence-electron chi connectivity index (χ0n) is 15.6. The molecule has 6 heteroatoms. The Morgan fingerprint density at radius 2 is 1.88 bits per heavy atom. The normalized spacial score (nSPS) is 21.3. The number of carbonyl (C=O) groups excluding carboxylic acids is 3. The number of methoxy groups -OCH3 is 1. The van der Waals surface area contributed by atoms with Crippen molar-refractivity contribution in [3.8, 4) is 0 Å². The van der Waals surface area contributed by atoms with Gasteiger partial charge in [-0.1, -0.05) is 20.8 Å². The van der Waals surface area contributed by atoms with E-state index in [-0.39, 0.29) is 42.3 Å². The summed E-state index contributed by atoms with van der Waals surface area (Å²) >= 11 is 0. The Morgan fingerprint density at radius 1 is 1.21 bits per heavy atom. The van der Waals surface area contributed by atoms with Gasteiger partial charge < -0.3 is 14.4 Å². The van der Waals surface area contributed by atoms with Gasteiger partial charge in [0.05, 0.1) is 13.7 Å². The molecule has 0 N–H and O–H groups in total. The van der Waals surface area contributed by atoms with Gasteiger partial charge in [0, 0.05) is 18.5 Å². The first kappa shape index (κ1) is 20.5. The molecular weight excluding hydrogens is 310 g/mol. The van der Waals surface area contributed by atoms with Gasteiger partial charge >= 0.3 is 12.1 Å². The second-order valence-corrected chi connectivity index (χ2v) is 7.59. The molecule has 6 nitrogen and oxygen atoms in total. The van der Waals surface area contributed by atoms with Crippen molar-refractivity contribution in [3.05, 3.63) is 0 Å². The molecule has 1 aliphatic heterocycles. The largest absolute Gasteiger partial charge is 0.466 e. The Hall–Kier alpha value is -1.59. The molecule has 2 atom stereocenters. The highest BCUT2D eigenvalue weighted by Gasteiger charge is 2.36. The fraction of sp³-hybridized carbons (Fsp3) is 0.833. The molecule has 0 aromatic heterocycles. The van der Waals surface area contributed by atoms with Crippen LogP contribution in [0.3, 0.4) is 0 Å². The number of carbonyl (C=O) groups is 3. The minimum absolute atomic E-state index is 0.0263. The lowest BCUT2D eigenvalue weighted by molar-refractivity contribution is -0.146. The smallest absolute Gasteiger partial charge is 0.409 e. The number of likely N-dealkylation sites (tertiary alicyclic amines) is 1. The highest BCUT2D eigenvalue weighted by Crippen LogP contribution is 2.31. The van der Waals surface area contributed by atoms with Gasteiger partial charge in [-0.05, 0) is 38.0 Å². The van der Waals surface area contributed by atoms with Gasteiger partial charge in [0.15, 0.2) is 0 Å². The molecule has 1 rings (SSSR count). The summed E-state index contributed by atoms with van der Waals surface area (Å²) < 4.78 is 9.73. The summed E-state index contributed by atoms with van der Waals surface area (Å²) in [4.78, 5) is 37.6. The van der Waals surface area contributed by atoms with Crippen molar-refractivity contribution in [2.24, 2.45) is 11.3 Å². The van der Waals surface area contributed by atoms with Gasteiger partial charge in [0.2, 0.25) is 0 Å². The summed E-state index contributed by atoms with van der Waals surface area (Å²) in [5.41, 5.74) is 0.156.